The minimum Gasteiger partial charge on any atom is -0.360 e. The number of rotatable bonds is 3. The maximum Gasteiger partial charge on any atom is 0.0572 e. The average molecular weight is 286 g/mol. The van der Waals surface area contributed by atoms with Gasteiger partial charge in [0.25, 0.3) is 0 Å². The molecule has 4 aromatic rings. The van der Waals surface area contributed by atoms with E-state index < -0.39 is 0 Å². The van der Waals surface area contributed by atoms with Crippen molar-refractivity contribution in [1.29, 1.82) is 0 Å². The molecular weight excluding hydrogens is 272 g/mol. The summed E-state index contributed by atoms with van der Waals surface area (Å²) in [7, 11) is 0. The van der Waals surface area contributed by atoms with Gasteiger partial charge in [0.15, 0.2) is 0 Å². The molecule has 3 heterocycles. The molecule has 0 radical (unpaired) electrons. The second-order valence-corrected chi connectivity index (χ2v) is 5.05. The van der Waals surface area contributed by atoms with Gasteiger partial charge in [-0.15, -0.1) is 0 Å². The van der Waals surface area contributed by atoms with Crippen molar-refractivity contribution < 1.29 is 0 Å². The molecule has 0 spiro atoms. The molecule has 0 aliphatic rings. The van der Waals surface area contributed by atoms with Crippen molar-refractivity contribution in [3.63, 3.8) is 0 Å². The molecule has 4 heteroatoms. The molecule has 4 nitrogen and oxygen atoms in total. The second kappa shape index (κ2) is 5.33. The van der Waals surface area contributed by atoms with E-state index in [1.807, 2.05) is 61.5 Å². The van der Waals surface area contributed by atoms with Crippen LogP contribution in [0.5, 0.6) is 0 Å². The third-order valence-corrected chi connectivity index (χ3v) is 3.65. The summed E-state index contributed by atoms with van der Waals surface area (Å²) in [5.74, 6) is 0. The van der Waals surface area contributed by atoms with Crippen LogP contribution in [-0.4, -0.2) is 20.9 Å². The van der Waals surface area contributed by atoms with Crippen molar-refractivity contribution in [3.05, 3.63) is 79.0 Å². The van der Waals surface area contributed by atoms with Crippen LogP contribution in [0.3, 0.4) is 0 Å². The van der Waals surface area contributed by atoms with E-state index in [9.17, 15) is 0 Å². The highest BCUT2D eigenvalue weighted by Crippen LogP contribution is 2.25. The van der Waals surface area contributed by atoms with Gasteiger partial charge in [-0.3, -0.25) is 4.98 Å². The van der Waals surface area contributed by atoms with Gasteiger partial charge in [-0.2, -0.15) is 5.10 Å². The van der Waals surface area contributed by atoms with Gasteiger partial charge in [-0.25, -0.2) is 4.68 Å². The second-order valence-electron chi connectivity index (χ2n) is 5.05. The summed E-state index contributed by atoms with van der Waals surface area (Å²) >= 11 is 0. The molecule has 0 saturated carbocycles. The van der Waals surface area contributed by atoms with Crippen molar-refractivity contribution in [1.82, 2.24) is 14.6 Å². The van der Waals surface area contributed by atoms with E-state index in [1.165, 1.54) is 5.56 Å². The minimum absolute atomic E-state index is 1.07. The fourth-order valence-corrected chi connectivity index (χ4v) is 2.51. The number of aromatic nitrogens is 3. The highest BCUT2D eigenvalue weighted by Gasteiger charge is 2.04. The van der Waals surface area contributed by atoms with E-state index in [0.29, 0.717) is 0 Å². The topological polar surface area (TPSA) is 46.0 Å². The molecular formula is C18H14N4. The zero-order valence-electron chi connectivity index (χ0n) is 11.8. The SMILES string of the molecule is C(=Nn1cccc1)c1c[nH]c2cc(-c3ccncc3)ccc12. The fourth-order valence-electron chi connectivity index (χ4n) is 2.51. The maximum atomic E-state index is 4.40. The van der Waals surface area contributed by atoms with Gasteiger partial charge in [0.2, 0.25) is 0 Å². The van der Waals surface area contributed by atoms with Crippen molar-refractivity contribution >= 4 is 17.1 Å². The largest absolute Gasteiger partial charge is 0.360 e. The molecule has 0 atom stereocenters. The van der Waals surface area contributed by atoms with E-state index in [1.54, 1.807) is 4.68 Å². The molecule has 0 aliphatic carbocycles. The number of H-pyrrole nitrogens is 1. The molecule has 0 saturated heterocycles. The zero-order valence-corrected chi connectivity index (χ0v) is 11.8. The predicted octanol–water partition coefficient (Wildman–Crippen LogP) is 3.91. The number of nitrogens with zero attached hydrogens (tertiary/aromatic N) is 3. The summed E-state index contributed by atoms with van der Waals surface area (Å²) in [6.07, 6.45) is 11.3. The monoisotopic (exact) mass is 286 g/mol. The van der Waals surface area contributed by atoms with Crippen molar-refractivity contribution in [2.24, 2.45) is 5.10 Å². The van der Waals surface area contributed by atoms with Gasteiger partial charge in [0.05, 0.1) is 6.21 Å². The number of pyridine rings is 1. The fraction of sp³-hybridized carbons (Fsp3) is 0. The van der Waals surface area contributed by atoms with E-state index in [2.05, 4.69) is 33.3 Å². The lowest BCUT2D eigenvalue weighted by Gasteiger charge is -2.01. The Morgan fingerprint density at radius 2 is 1.82 bits per heavy atom. The molecule has 4 rings (SSSR count). The highest BCUT2D eigenvalue weighted by molar-refractivity contribution is 6.00. The van der Waals surface area contributed by atoms with Crippen LogP contribution in [-0.2, 0) is 0 Å². The number of nitrogens with one attached hydrogen (secondary N) is 1. The first kappa shape index (κ1) is 12.6. The van der Waals surface area contributed by atoms with Crippen molar-refractivity contribution in [2.45, 2.75) is 0 Å². The lowest BCUT2D eigenvalue weighted by atomic mass is 10.0. The average Bonchev–Trinajstić information content (AvgIpc) is 3.23. The van der Waals surface area contributed by atoms with Gasteiger partial charge >= 0.3 is 0 Å². The Kier molecular flexibility index (Phi) is 3.05. The van der Waals surface area contributed by atoms with Crippen molar-refractivity contribution in [3.8, 4) is 11.1 Å². The van der Waals surface area contributed by atoms with Gasteiger partial charge in [0, 0.05) is 47.5 Å². The van der Waals surface area contributed by atoms with Gasteiger partial charge in [0.1, 0.15) is 0 Å². The normalized spacial score (nSPS) is 11.5. The summed E-state index contributed by atoms with van der Waals surface area (Å²) in [5.41, 5.74) is 4.51. The summed E-state index contributed by atoms with van der Waals surface area (Å²) in [6, 6.07) is 14.3. The van der Waals surface area contributed by atoms with E-state index in [4.69, 9.17) is 0 Å². The van der Waals surface area contributed by atoms with E-state index in [-0.39, 0.29) is 0 Å². The minimum atomic E-state index is 1.07. The summed E-state index contributed by atoms with van der Waals surface area (Å²) < 4.78 is 1.78. The Labute approximate surface area is 127 Å². The number of benzene rings is 1. The summed E-state index contributed by atoms with van der Waals surface area (Å²) in [5, 5.41) is 5.56. The van der Waals surface area contributed by atoms with Crippen LogP contribution in [0.15, 0.2) is 78.6 Å². The Bertz CT molecular complexity index is 918. The van der Waals surface area contributed by atoms with E-state index in [0.717, 1.165) is 22.0 Å². The summed E-state index contributed by atoms with van der Waals surface area (Å²) in [4.78, 5) is 7.37. The van der Waals surface area contributed by atoms with Crippen LogP contribution < -0.4 is 0 Å². The third kappa shape index (κ3) is 2.31. The maximum absolute atomic E-state index is 4.40. The Morgan fingerprint density at radius 1 is 1.00 bits per heavy atom. The first-order chi connectivity index (χ1) is 10.9. The van der Waals surface area contributed by atoms with Crippen LogP contribution in [0.2, 0.25) is 0 Å². The third-order valence-electron chi connectivity index (χ3n) is 3.65. The first-order valence-electron chi connectivity index (χ1n) is 7.09. The predicted molar refractivity (Wildman–Crippen MR) is 89.0 cm³/mol. The number of hydrogen-bond donors (Lipinski definition) is 1. The first-order valence-corrected chi connectivity index (χ1v) is 7.09. The molecule has 1 N–H and O–H groups in total. The standard InChI is InChI=1S/C18H14N4/c1-2-10-22(9-1)21-13-16-12-20-18-11-15(3-4-17(16)18)14-5-7-19-8-6-14/h1-13,20H. The van der Waals surface area contributed by atoms with Crippen LogP contribution >= 0.6 is 0 Å². The smallest absolute Gasteiger partial charge is 0.0572 e. The quantitative estimate of drug-likeness (QED) is 0.570. The molecule has 0 aliphatic heterocycles. The molecule has 0 unspecified atom stereocenters. The Hall–Kier alpha value is -3.14. The van der Waals surface area contributed by atoms with Crippen LogP contribution in [0.25, 0.3) is 22.0 Å². The molecule has 3 aromatic heterocycles. The zero-order chi connectivity index (χ0) is 14.8. The van der Waals surface area contributed by atoms with E-state index >= 15 is 0 Å². The molecule has 0 bridgehead atoms. The molecule has 22 heavy (non-hydrogen) atoms. The van der Waals surface area contributed by atoms with Crippen LogP contribution in [0.1, 0.15) is 5.56 Å². The number of hydrogen-bond acceptors (Lipinski definition) is 2. The number of fused-ring (bicyclic) bond motifs is 1. The van der Waals surface area contributed by atoms with Crippen LogP contribution in [0, 0.1) is 0 Å². The van der Waals surface area contributed by atoms with Gasteiger partial charge in [-0.05, 0) is 41.5 Å². The molecule has 1 aromatic carbocycles. The van der Waals surface area contributed by atoms with Crippen molar-refractivity contribution in [2.75, 3.05) is 0 Å². The Morgan fingerprint density at radius 3 is 2.64 bits per heavy atom. The number of aromatic amines is 1. The Balaban J connectivity index is 1.72. The molecule has 106 valence electrons. The lowest BCUT2D eigenvalue weighted by molar-refractivity contribution is 0.895. The van der Waals surface area contributed by atoms with Gasteiger partial charge < -0.3 is 4.98 Å². The van der Waals surface area contributed by atoms with Crippen LogP contribution in [0.4, 0.5) is 0 Å². The summed E-state index contributed by atoms with van der Waals surface area (Å²) in [6.45, 7) is 0. The van der Waals surface area contributed by atoms with Gasteiger partial charge in [-0.1, -0.05) is 12.1 Å². The lowest BCUT2D eigenvalue weighted by Crippen LogP contribution is -1.85. The highest BCUT2D eigenvalue weighted by atomic mass is 15.3. The molecule has 0 fully saturated rings. The molecule has 0 amide bonds.